The second-order valence-corrected chi connectivity index (χ2v) is 8.32. The zero-order chi connectivity index (χ0) is 26.5. The molecule has 0 bridgehead atoms. The molecule has 0 saturated carbocycles. The van der Waals surface area contributed by atoms with Crippen LogP contribution in [0.4, 0.5) is 10.5 Å². The third kappa shape index (κ3) is 9.53. The number of nitrogens with one attached hydrogen (secondary N) is 3. The second kappa shape index (κ2) is 14.7. The van der Waals surface area contributed by atoms with Crippen LogP contribution in [0.5, 0.6) is 0 Å². The quantitative estimate of drug-likeness (QED) is 0.129. The lowest BCUT2D eigenvalue weighted by Crippen LogP contribution is -2.52. The van der Waals surface area contributed by atoms with Gasteiger partial charge in [-0.1, -0.05) is 47.6 Å². The Bertz CT molecular complexity index is 1040. The summed E-state index contributed by atoms with van der Waals surface area (Å²) in [7, 11) is 1.24. The molecule has 2 unspecified atom stereocenters. The van der Waals surface area contributed by atoms with E-state index < -0.39 is 36.3 Å². The monoisotopic (exact) mass is 497 g/mol. The highest BCUT2D eigenvalue weighted by molar-refractivity contribution is 5.90. The highest BCUT2D eigenvalue weighted by atomic mass is 16.5. The average molecular weight is 498 g/mol. The van der Waals surface area contributed by atoms with Crippen molar-refractivity contribution in [2.24, 2.45) is 21.7 Å². The summed E-state index contributed by atoms with van der Waals surface area (Å²) < 4.78 is 4.83. The number of methoxy groups -OCH3 is 1. The Labute approximate surface area is 211 Å². The predicted octanol–water partition coefficient (Wildman–Crippen LogP) is 1.94. The molecule has 0 saturated heterocycles. The van der Waals surface area contributed by atoms with Crippen molar-refractivity contribution in [3.05, 3.63) is 65.2 Å². The highest BCUT2D eigenvalue weighted by Crippen LogP contribution is 2.21. The number of aryl methyl sites for hydroxylation is 1. The van der Waals surface area contributed by atoms with Gasteiger partial charge in [-0.15, -0.1) is 5.11 Å². The van der Waals surface area contributed by atoms with Gasteiger partial charge in [0, 0.05) is 6.42 Å². The molecular weight excluding hydrogens is 462 g/mol. The number of nitrogens with two attached hydrogens (primary N) is 2. The van der Waals surface area contributed by atoms with Gasteiger partial charge < -0.3 is 26.8 Å². The predicted molar refractivity (Wildman–Crippen MR) is 136 cm³/mol. The van der Waals surface area contributed by atoms with E-state index in [4.69, 9.17) is 16.2 Å². The second-order valence-electron chi connectivity index (χ2n) is 8.32. The molecule has 3 amide bonds. The number of esters is 1. The van der Waals surface area contributed by atoms with Crippen LogP contribution in [0.2, 0.25) is 0 Å². The standard InChI is InChI=1S/C25H35N7O4/c1-16-9-7-12-19(17(16)2)31-32-25(35)30-21(15-18-10-5-4-6-11-18)22(33)29-20(23(34)36-3)13-8-14-28-24(26)27/h4-7,9-12,20-21,24,28H,8,13-15,26-27H2,1-3H3,(H,29,33)(H,30,35)/b32-31+. The number of azo groups is 1. The Morgan fingerprint density at radius 3 is 2.36 bits per heavy atom. The zero-order valence-electron chi connectivity index (χ0n) is 20.9. The van der Waals surface area contributed by atoms with Crippen LogP contribution < -0.4 is 27.4 Å². The molecule has 2 rings (SSSR count). The van der Waals surface area contributed by atoms with Gasteiger partial charge in [-0.05, 0) is 56.0 Å². The molecule has 0 heterocycles. The minimum Gasteiger partial charge on any atom is -0.467 e. The van der Waals surface area contributed by atoms with Gasteiger partial charge in [0.15, 0.2) is 0 Å². The van der Waals surface area contributed by atoms with Crippen molar-refractivity contribution < 1.29 is 19.1 Å². The lowest BCUT2D eigenvalue weighted by Gasteiger charge is -2.22. The molecule has 36 heavy (non-hydrogen) atoms. The van der Waals surface area contributed by atoms with Crippen LogP contribution in [0.15, 0.2) is 58.8 Å². The van der Waals surface area contributed by atoms with Crippen molar-refractivity contribution in [3.63, 3.8) is 0 Å². The van der Waals surface area contributed by atoms with Gasteiger partial charge in [0.2, 0.25) is 5.91 Å². The lowest BCUT2D eigenvalue weighted by atomic mass is 10.0. The highest BCUT2D eigenvalue weighted by Gasteiger charge is 2.27. The largest absolute Gasteiger partial charge is 0.467 e. The van der Waals surface area contributed by atoms with Crippen LogP contribution in [-0.2, 0) is 20.7 Å². The van der Waals surface area contributed by atoms with E-state index in [0.717, 1.165) is 16.7 Å². The minimum absolute atomic E-state index is 0.189. The minimum atomic E-state index is -1.000. The number of carbonyl (C=O) groups excluding carboxylic acids is 3. The average Bonchev–Trinajstić information content (AvgIpc) is 2.86. The van der Waals surface area contributed by atoms with Gasteiger partial charge in [-0.25, -0.2) is 9.59 Å². The Morgan fingerprint density at radius 2 is 1.69 bits per heavy atom. The smallest absolute Gasteiger partial charge is 0.360 e. The first-order valence-corrected chi connectivity index (χ1v) is 11.7. The molecule has 11 nitrogen and oxygen atoms in total. The van der Waals surface area contributed by atoms with E-state index in [1.165, 1.54) is 7.11 Å². The molecule has 11 heteroatoms. The van der Waals surface area contributed by atoms with Gasteiger partial charge in [0.1, 0.15) is 18.4 Å². The Morgan fingerprint density at radius 1 is 0.972 bits per heavy atom. The number of ether oxygens (including phenoxy) is 1. The van der Waals surface area contributed by atoms with Crippen LogP contribution >= 0.6 is 0 Å². The maximum atomic E-state index is 13.2. The molecule has 0 aromatic heterocycles. The van der Waals surface area contributed by atoms with Crippen LogP contribution in [0.1, 0.15) is 29.5 Å². The maximum absolute atomic E-state index is 13.2. The maximum Gasteiger partial charge on any atom is 0.360 e. The van der Waals surface area contributed by atoms with Crippen LogP contribution in [-0.4, -0.2) is 49.9 Å². The van der Waals surface area contributed by atoms with Crippen LogP contribution in [0.25, 0.3) is 0 Å². The number of urea groups is 1. The van der Waals surface area contributed by atoms with Crippen molar-refractivity contribution in [2.75, 3.05) is 13.7 Å². The van der Waals surface area contributed by atoms with Crippen molar-refractivity contribution in [1.29, 1.82) is 0 Å². The molecule has 0 aliphatic rings. The van der Waals surface area contributed by atoms with Gasteiger partial charge in [-0.2, -0.15) is 0 Å². The van der Waals surface area contributed by atoms with E-state index >= 15 is 0 Å². The first-order valence-electron chi connectivity index (χ1n) is 11.7. The Balaban J connectivity index is 2.14. The summed E-state index contributed by atoms with van der Waals surface area (Å²) >= 11 is 0. The zero-order valence-corrected chi connectivity index (χ0v) is 20.9. The number of hydrogen-bond acceptors (Lipinski definition) is 8. The summed E-state index contributed by atoms with van der Waals surface area (Å²) in [4.78, 5) is 38.0. The number of nitrogens with zero attached hydrogens (tertiary/aromatic N) is 2. The molecule has 2 atom stereocenters. The first-order chi connectivity index (χ1) is 17.2. The molecular formula is C25H35N7O4. The third-order valence-corrected chi connectivity index (χ3v) is 5.57. The van der Waals surface area contributed by atoms with E-state index in [9.17, 15) is 14.4 Å². The van der Waals surface area contributed by atoms with Gasteiger partial charge in [-0.3, -0.25) is 10.1 Å². The SMILES string of the molecule is COC(=O)C(CCCNC(N)N)NC(=O)C(Cc1ccccc1)NC(=O)/N=N/c1cccc(C)c1C. The number of amides is 3. The van der Waals surface area contributed by atoms with Crippen LogP contribution in [0, 0.1) is 13.8 Å². The number of benzene rings is 2. The summed E-state index contributed by atoms with van der Waals surface area (Å²) in [6, 6.07) is 12.0. The number of hydrogen-bond donors (Lipinski definition) is 5. The summed E-state index contributed by atoms with van der Waals surface area (Å²) in [5.41, 5.74) is 14.2. The van der Waals surface area contributed by atoms with Crippen molar-refractivity contribution in [3.8, 4) is 0 Å². The summed E-state index contributed by atoms with van der Waals surface area (Å²) in [6.07, 6.45) is 0.301. The van der Waals surface area contributed by atoms with E-state index in [0.29, 0.717) is 18.7 Å². The molecule has 2 aromatic carbocycles. The molecule has 194 valence electrons. The fourth-order valence-electron chi connectivity index (χ4n) is 3.42. The van der Waals surface area contributed by atoms with Crippen molar-refractivity contribution in [2.45, 2.75) is 51.5 Å². The van der Waals surface area contributed by atoms with Gasteiger partial charge in [0.25, 0.3) is 0 Å². The fourth-order valence-corrected chi connectivity index (χ4v) is 3.42. The van der Waals surface area contributed by atoms with Gasteiger partial charge in [0.05, 0.1) is 12.8 Å². The summed E-state index contributed by atoms with van der Waals surface area (Å²) in [5.74, 6) is -1.15. The molecule has 0 fully saturated rings. The Hall–Kier alpha value is -3.67. The van der Waals surface area contributed by atoms with E-state index in [2.05, 4.69) is 26.2 Å². The van der Waals surface area contributed by atoms with E-state index in [1.54, 1.807) is 6.07 Å². The summed E-state index contributed by atoms with van der Waals surface area (Å²) in [6.45, 7) is 4.27. The first kappa shape index (κ1) is 28.6. The molecule has 2 aromatic rings. The van der Waals surface area contributed by atoms with Crippen molar-refractivity contribution in [1.82, 2.24) is 16.0 Å². The van der Waals surface area contributed by atoms with Crippen molar-refractivity contribution >= 4 is 23.6 Å². The number of carbonyl (C=O) groups is 3. The summed E-state index contributed by atoms with van der Waals surface area (Å²) in [5, 5.41) is 15.9. The van der Waals surface area contributed by atoms with E-state index in [1.807, 2.05) is 56.3 Å². The molecule has 7 N–H and O–H groups in total. The Kier molecular flexibility index (Phi) is 11.6. The third-order valence-electron chi connectivity index (χ3n) is 5.57. The topological polar surface area (TPSA) is 173 Å². The van der Waals surface area contributed by atoms with Gasteiger partial charge >= 0.3 is 12.0 Å². The van der Waals surface area contributed by atoms with E-state index in [-0.39, 0.29) is 12.8 Å². The molecule has 0 aliphatic heterocycles. The fraction of sp³-hybridized carbons (Fsp3) is 0.400. The number of rotatable bonds is 12. The normalized spacial score (nSPS) is 12.8. The molecule has 0 spiro atoms. The molecule has 0 radical (unpaired) electrons. The molecule has 0 aliphatic carbocycles. The van der Waals surface area contributed by atoms with Crippen LogP contribution in [0.3, 0.4) is 0 Å². The lowest BCUT2D eigenvalue weighted by molar-refractivity contribution is -0.145.